The van der Waals surface area contributed by atoms with Crippen molar-refractivity contribution in [3.05, 3.63) is 53.9 Å². The number of nitrogens with one attached hydrogen (secondary N) is 1. The molecule has 0 aliphatic carbocycles. The van der Waals surface area contributed by atoms with E-state index in [9.17, 15) is 0 Å². The summed E-state index contributed by atoms with van der Waals surface area (Å²) in [5.41, 5.74) is 2.61. The molecule has 3 heteroatoms. The van der Waals surface area contributed by atoms with E-state index in [1.54, 1.807) is 0 Å². The largest absolute Gasteiger partial charge is 0.313 e. The fourth-order valence-corrected chi connectivity index (χ4v) is 1.78. The van der Waals surface area contributed by atoms with Crippen LogP contribution in [-0.2, 0) is 19.5 Å². The standard InChI is InChI=1S/C14H19N3/c1-2-15-10-14-11-16-17(12-14)9-8-13-6-4-3-5-7-13/h3-7,11-12,15H,2,8-10H2,1H3. The molecule has 90 valence electrons. The lowest BCUT2D eigenvalue weighted by Gasteiger charge is -2.01. The quantitative estimate of drug-likeness (QED) is 0.823. The molecule has 0 radical (unpaired) electrons. The topological polar surface area (TPSA) is 29.9 Å². The second-order valence-electron chi connectivity index (χ2n) is 4.13. The predicted octanol–water partition coefficient (Wildman–Crippen LogP) is 2.24. The maximum atomic E-state index is 4.36. The first-order valence-corrected chi connectivity index (χ1v) is 6.14. The van der Waals surface area contributed by atoms with Gasteiger partial charge in [0.15, 0.2) is 0 Å². The van der Waals surface area contributed by atoms with Crippen LogP contribution in [0.15, 0.2) is 42.7 Å². The second kappa shape index (κ2) is 6.21. The molecule has 0 unspecified atom stereocenters. The minimum absolute atomic E-state index is 0.905. The summed E-state index contributed by atoms with van der Waals surface area (Å²) < 4.78 is 2.01. The van der Waals surface area contributed by atoms with Crippen LogP contribution in [0, 0.1) is 0 Å². The maximum Gasteiger partial charge on any atom is 0.0534 e. The normalized spacial score (nSPS) is 10.6. The summed E-state index contributed by atoms with van der Waals surface area (Å²) in [6, 6.07) is 10.5. The highest BCUT2D eigenvalue weighted by Crippen LogP contribution is 2.03. The summed E-state index contributed by atoms with van der Waals surface area (Å²) in [6.07, 6.45) is 5.09. The highest BCUT2D eigenvalue weighted by atomic mass is 15.3. The van der Waals surface area contributed by atoms with Crippen molar-refractivity contribution in [3.63, 3.8) is 0 Å². The van der Waals surface area contributed by atoms with Crippen LogP contribution in [0.1, 0.15) is 18.1 Å². The molecule has 1 N–H and O–H groups in total. The molecule has 17 heavy (non-hydrogen) atoms. The third kappa shape index (κ3) is 3.71. The first-order valence-electron chi connectivity index (χ1n) is 6.14. The van der Waals surface area contributed by atoms with Crippen LogP contribution < -0.4 is 5.32 Å². The van der Waals surface area contributed by atoms with Crippen LogP contribution in [0.2, 0.25) is 0 Å². The molecule has 0 aliphatic heterocycles. The van der Waals surface area contributed by atoms with Gasteiger partial charge in [-0.25, -0.2) is 0 Å². The van der Waals surface area contributed by atoms with Crippen molar-refractivity contribution in [2.45, 2.75) is 26.4 Å². The SMILES string of the molecule is CCNCc1cnn(CCc2ccccc2)c1. The van der Waals surface area contributed by atoms with Crippen molar-refractivity contribution in [1.29, 1.82) is 0 Å². The zero-order chi connectivity index (χ0) is 11.9. The van der Waals surface area contributed by atoms with Gasteiger partial charge in [0, 0.05) is 24.8 Å². The van der Waals surface area contributed by atoms with Crippen LogP contribution in [0.25, 0.3) is 0 Å². The molecule has 0 atom stereocenters. The summed E-state index contributed by atoms with van der Waals surface area (Å²) in [6.45, 7) is 4.95. The summed E-state index contributed by atoms with van der Waals surface area (Å²) >= 11 is 0. The number of benzene rings is 1. The number of aryl methyl sites for hydroxylation is 2. The van der Waals surface area contributed by atoms with E-state index >= 15 is 0 Å². The van der Waals surface area contributed by atoms with E-state index < -0.39 is 0 Å². The average molecular weight is 229 g/mol. The van der Waals surface area contributed by atoms with E-state index in [0.717, 1.165) is 26.1 Å². The Kier molecular flexibility index (Phi) is 4.33. The van der Waals surface area contributed by atoms with Crippen LogP contribution in [0.3, 0.4) is 0 Å². The smallest absolute Gasteiger partial charge is 0.0534 e. The monoisotopic (exact) mass is 229 g/mol. The summed E-state index contributed by atoms with van der Waals surface area (Å²) in [7, 11) is 0. The van der Waals surface area contributed by atoms with Crippen molar-refractivity contribution in [2.24, 2.45) is 0 Å². The lowest BCUT2D eigenvalue weighted by molar-refractivity contribution is 0.613. The fraction of sp³-hybridized carbons (Fsp3) is 0.357. The fourth-order valence-electron chi connectivity index (χ4n) is 1.78. The minimum atomic E-state index is 0.905. The average Bonchev–Trinajstić information content (AvgIpc) is 2.83. The molecule has 0 saturated carbocycles. The third-order valence-corrected chi connectivity index (χ3v) is 2.74. The van der Waals surface area contributed by atoms with E-state index in [1.165, 1.54) is 11.1 Å². The lowest BCUT2D eigenvalue weighted by atomic mass is 10.1. The van der Waals surface area contributed by atoms with Crippen LogP contribution in [0.4, 0.5) is 0 Å². The van der Waals surface area contributed by atoms with E-state index in [4.69, 9.17) is 0 Å². The molecule has 3 nitrogen and oxygen atoms in total. The molecular weight excluding hydrogens is 210 g/mol. The highest BCUT2D eigenvalue weighted by Gasteiger charge is 1.98. The predicted molar refractivity (Wildman–Crippen MR) is 69.8 cm³/mol. The molecule has 0 bridgehead atoms. The summed E-state index contributed by atoms with van der Waals surface area (Å²) in [4.78, 5) is 0. The van der Waals surface area contributed by atoms with Gasteiger partial charge in [0.05, 0.1) is 6.20 Å². The van der Waals surface area contributed by atoms with Gasteiger partial charge in [-0.3, -0.25) is 4.68 Å². The molecule has 1 aromatic carbocycles. The first kappa shape index (κ1) is 11.9. The van der Waals surface area contributed by atoms with Gasteiger partial charge >= 0.3 is 0 Å². The number of rotatable bonds is 6. The molecule has 1 aromatic heterocycles. The lowest BCUT2D eigenvalue weighted by Crippen LogP contribution is -2.11. The van der Waals surface area contributed by atoms with Gasteiger partial charge in [0.1, 0.15) is 0 Å². The first-order chi connectivity index (χ1) is 8.38. The zero-order valence-corrected chi connectivity index (χ0v) is 10.3. The van der Waals surface area contributed by atoms with Crippen LogP contribution >= 0.6 is 0 Å². The van der Waals surface area contributed by atoms with Gasteiger partial charge in [0.25, 0.3) is 0 Å². The van der Waals surface area contributed by atoms with Gasteiger partial charge < -0.3 is 5.32 Å². The Balaban J connectivity index is 1.85. The van der Waals surface area contributed by atoms with Crippen molar-refractivity contribution in [2.75, 3.05) is 6.54 Å². The Labute approximate surface area is 102 Å². The molecule has 0 fully saturated rings. The van der Waals surface area contributed by atoms with Crippen molar-refractivity contribution in [3.8, 4) is 0 Å². The van der Waals surface area contributed by atoms with Gasteiger partial charge in [0.2, 0.25) is 0 Å². The number of aromatic nitrogens is 2. The number of hydrogen-bond acceptors (Lipinski definition) is 2. The minimum Gasteiger partial charge on any atom is -0.313 e. The van der Waals surface area contributed by atoms with Crippen molar-refractivity contribution in [1.82, 2.24) is 15.1 Å². The van der Waals surface area contributed by atoms with E-state index in [-0.39, 0.29) is 0 Å². The molecule has 0 spiro atoms. The van der Waals surface area contributed by atoms with E-state index in [0.29, 0.717) is 0 Å². The number of hydrogen-bond donors (Lipinski definition) is 1. The Morgan fingerprint density at radius 1 is 1.18 bits per heavy atom. The van der Waals surface area contributed by atoms with Gasteiger partial charge in [-0.15, -0.1) is 0 Å². The number of nitrogens with zero attached hydrogens (tertiary/aromatic N) is 2. The Morgan fingerprint density at radius 3 is 2.76 bits per heavy atom. The zero-order valence-electron chi connectivity index (χ0n) is 10.3. The Bertz CT molecular complexity index is 434. The van der Waals surface area contributed by atoms with Gasteiger partial charge in [-0.1, -0.05) is 37.3 Å². The Morgan fingerprint density at radius 2 is 2.00 bits per heavy atom. The van der Waals surface area contributed by atoms with Crippen molar-refractivity contribution < 1.29 is 0 Å². The van der Waals surface area contributed by atoms with Crippen LogP contribution in [0.5, 0.6) is 0 Å². The third-order valence-electron chi connectivity index (χ3n) is 2.74. The van der Waals surface area contributed by atoms with Crippen molar-refractivity contribution >= 4 is 0 Å². The van der Waals surface area contributed by atoms with Crippen LogP contribution in [-0.4, -0.2) is 16.3 Å². The van der Waals surface area contributed by atoms with Gasteiger partial charge in [-0.05, 0) is 18.5 Å². The molecule has 1 heterocycles. The molecule has 2 rings (SSSR count). The molecule has 0 amide bonds. The van der Waals surface area contributed by atoms with E-state index in [1.807, 2.05) is 16.9 Å². The molecule has 0 saturated heterocycles. The summed E-state index contributed by atoms with van der Waals surface area (Å²) in [5.74, 6) is 0. The molecular formula is C14H19N3. The highest BCUT2D eigenvalue weighted by molar-refractivity contribution is 5.14. The molecule has 0 aliphatic rings. The summed E-state index contributed by atoms with van der Waals surface area (Å²) in [5, 5.41) is 7.66. The molecule has 2 aromatic rings. The van der Waals surface area contributed by atoms with Gasteiger partial charge in [-0.2, -0.15) is 5.10 Å². The second-order valence-corrected chi connectivity index (χ2v) is 4.13. The Hall–Kier alpha value is -1.61. The maximum absolute atomic E-state index is 4.36. The van der Waals surface area contributed by atoms with E-state index in [2.05, 4.69) is 47.8 Å².